The molecule has 0 spiro atoms. The third-order valence-electron chi connectivity index (χ3n) is 3.85. The van der Waals surface area contributed by atoms with Crippen LogP contribution in [0.5, 0.6) is 0 Å². The number of nitriles is 1. The summed E-state index contributed by atoms with van der Waals surface area (Å²) >= 11 is 1.37. The third-order valence-corrected chi connectivity index (χ3v) is 4.68. The number of hydrogen-bond donors (Lipinski definition) is 2. The van der Waals surface area contributed by atoms with Crippen LogP contribution in [-0.2, 0) is 4.79 Å². The van der Waals surface area contributed by atoms with Crippen molar-refractivity contribution in [2.45, 2.75) is 38.2 Å². The average molecular weight is 307 g/mol. The maximum Gasteiger partial charge on any atom is 0.226 e. The first-order valence-corrected chi connectivity index (χ1v) is 8.10. The fourth-order valence-corrected chi connectivity index (χ4v) is 3.24. The second kappa shape index (κ2) is 7.03. The third kappa shape index (κ3) is 4.81. The molecule has 0 bridgehead atoms. The molecule has 0 aromatic carbocycles. The molecule has 114 valence electrons. The average Bonchev–Trinajstić information content (AvgIpc) is 2.80. The zero-order chi connectivity index (χ0) is 15.3. The minimum Gasteiger partial charge on any atom is -0.390 e. The zero-order valence-corrected chi connectivity index (χ0v) is 13.1. The van der Waals surface area contributed by atoms with E-state index in [0.29, 0.717) is 23.5 Å². The van der Waals surface area contributed by atoms with Crippen molar-refractivity contribution < 1.29 is 9.90 Å². The quantitative estimate of drug-likeness (QED) is 0.894. The molecule has 1 aliphatic rings. The predicted octanol–water partition coefficient (Wildman–Crippen LogP) is 2.19. The Morgan fingerprint density at radius 1 is 1.57 bits per heavy atom. The maximum atomic E-state index is 11.9. The van der Waals surface area contributed by atoms with Gasteiger partial charge in [-0.2, -0.15) is 5.26 Å². The van der Waals surface area contributed by atoms with Crippen molar-refractivity contribution in [1.29, 1.82) is 5.26 Å². The molecule has 1 unspecified atom stereocenters. The number of likely N-dealkylation sites (tertiary alicyclic amines) is 1. The molecule has 1 aromatic heterocycles. The lowest BCUT2D eigenvalue weighted by atomic mass is 9.98. The first-order valence-electron chi connectivity index (χ1n) is 7.22. The molecule has 0 saturated carbocycles. The molecular formula is C15H21N3O2S. The van der Waals surface area contributed by atoms with Gasteiger partial charge in [0.25, 0.3) is 0 Å². The van der Waals surface area contributed by atoms with Gasteiger partial charge in [-0.25, -0.2) is 0 Å². The number of anilines is 1. The van der Waals surface area contributed by atoms with Gasteiger partial charge in [0.05, 0.1) is 11.2 Å². The summed E-state index contributed by atoms with van der Waals surface area (Å²) in [5, 5.41) is 24.2. The Hall–Kier alpha value is -1.42. The Kier molecular flexibility index (Phi) is 5.34. The first-order chi connectivity index (χ1) is 10.00. The van der Waals surface area contributed by atoms with Crippen LogP contribution in [0.15, 0.2) is 11.4 Å². The summed E-state index contributed by atoms with van der Waals surface area (Å²) in [6.45, 7) is 4.31. The molecule has 5 nitrogen and oxygen atoms in total. The summed E-state index contributed by atoms with van der Waals surface area (Å²) < 4.78 is 0. The number of carbonyl (C=O) groups excluding carboxylic acids is 1. The summed E-state index contributed by atoms with van der Waals surface area (Å²) in [7, 11) is 0. The smallest absolute Gasteiger partial charge is 0.226 e. The van der Waals surface area contributed by atoms with Gasteiger partial charge in [0.1, 0.15) is 11.1 Å². The Labute approximate surface area is 129 Å². The van der Waals surface area contributed by atoms with Crippen molar-refractivity contribution >= 4 is 22.2 Å². The number of nitrogens with zero attached hydrogens (tertiary/aromatic N) is 2. The van der Waals surface area contributed by atoms with Crippen molar-refractivity contribution in [2.75, 3.05) is 25.0 Å². The number of carbonyl (C=O) groups is 1. The molecule has 1 fully saturated rings. The van der Waals surface area contributed by atoms with E-state index in [1.807, 2.05) is 6.92 Å². The highest BCUT2D eigenvalue weighted by atomic mass is 32.1. The van der Waals surface area contributed by atoms with Gasteiger partial charge < -0.3 is 15.3 Å². The van der Waals surface area contributed by atoms with Crippen LogP contribution in [0.3, 0.4) is 0 Å². The topological polar surface area (TPSA) is 76.4 Å². The Morgan fingerprint density at radius 2 is 2.38 bits per heavy atom. The first kappa shape index (κ1) is 16.0. The van der Waals surface area contributed by atoms with E-state index in [-0.39, 0.29) is 5.91 Å². The van der Waals surface area contributed by atoms with E-state index < -0.39 is 5.60 Å². The molecule has 1 saturated heterocycles. The number of rotatable bonds is 4. The minimum absolute atomic E-state index is 0.0649. The SMILES string of the molecule is CC1(O)CCCN(CCC(=O)Nc2sccc2C#N)CC1. The van der Waals surface area contributed by atoms with Crippen LogP contribution in [0.25, 0.3) is 0 Å². The normalized spacial score (nSPS) is 23.3. The van der Waals surface area contributed by atoms with E-state index in [1.165, 1.54) is 11.3 Å². The van der Waals surface area contributed by atoms with Gasteiger partial charge in [0.2, 0.25) is 5.91 Å². The van der Waals surface area contributed by atoms with Gasteiger partial charge >= 0.3 is 0 Å². The lowest BCUT2D eigenvalue weighted by Crippen LogP contribution is -2.30. The van der Waals surface area contributed by atoms with E-state index >= 15 is 0 Å². The van der Waals surface area contributed by atoms with Crippen molar-refractivity contribution in [3.8, 4) is 6.07 Å². The van der Waals surface area contributed by atoms with Crippen LogP contribution in [0.2, 0.25) is 0 Å². The van der Waals surface area contributed by atoms with Gasteiger partial charge in [-0.1, -0.05) is 0 Å². The Balaban J connectivity index is 1.78. The lowest BCUT2D eigenvalue weighted by Gasteiger charge is -2.22. The molecule has 1 amide bonds. The molecule has 21 heavy (non-hydrogen) atoms. The fourth-order valence-electron chi connectivity index (χ4n) is 2.49. The molecule has 2 heterocycles. The number of nitrogens with one attached hydrogen (secondary N) is 1. The standard InChI is InChI=1S/C15H21N3O2S/c1-15(20)5-2-7-18(9-6-15)8-3-13(19)17-14-12(11-16)4-10-21-14/h4,10,20H,2-3,5-9H2,1H3,(H,17,19). The minimum atomic E-state index is -0.574. The van der Waals surface area contributed by atoms with Gasteiger partial charge in [-0.05, 0) is 44.2 Å². The molecule has 0 aliphatic carbocycles. The highest BCUT2D eigenvalue weighted by Crippen LogP contribution is 2.23. The van der Waals surface area contributed by atoms with E-state index in [9.17, 15) is 9.90 Å². The van der Waals surface area contributed by atoms with Gasteiger partial charge in [-0.15, -0.1) is 11.3 Å². The molecule has 1 aromatic rings. The number of hydrogen-bond acceptors (Lipinski definition) is 5. The van der Waals surface area contributed by atoms with E-state index in [1.54, 1.807) is 11.4 Å². The van der Waals surface area contributed by atoms with Crippen molar-refractivity contribution in [2.24, 2.45) is 0 Å². The fraction of sp³-hybridized carbons (Fsp3) is 0.600. The largest absolute Gasteiger partial charge is 0.390 e. The zero-order valence-electron chi connectivity index (χ0n) is 12.3. The van der Waals surface area contributed by atoms with Gasteiger partial charge in [0, 0.05) is 19.5 Å². The van der Waals surface area contributed by atoms with Crippen LogP contribution in [0.4, 0.5) is 5.00 Å². The highest BCUT2D eigenvalue weighted by molar-refractivity contribution is 7.14. The van der Waals surface area contributed by atoms with Crippen LogP contribution < -0.4 is 5.32 Å². The maximum absolute atomic E-state index is 11.9. The van der Waals surface area contributed by atoms with Gasteiger partial charge in [0.15, 0.2) is 0 Å². The number of aliphatic hydroxyl groups is 1. The summed E-state index contributed by atoms with van der Waals surface area (Å²) in [5.41, 5.74) is -0.0606. The van der Waals surface area contributed by atoms with Crippen LogP contribution >= 0.6 is 11.3 Å². The molecular weight excluding hydrogens is 286 g/mol. The van der Waals surface area contributed by atoms with E-state index in [4.69, 9.17) is 5.26 Å². The second-order valence-electron chi connectivity index (χ2n) is 5.77. The number of amides is 1. The van der Waals surface area contributed by atoms with Crippen LogP contribution in [-0.4, -0.2) is 41.1 Å². The van der Waals surface area contributed by atoms with Crippen molar-refractivity contribution in [3.05, 3.63) is 17.0 Å². The summed E-state index contributed by atoms with van der Waals surface area (Å²) in [4.78, 5) is 14.2. The molecule has 1 aliphatic heterocycles. The molecule has 0 radical (unpaired) electrons. The molecule has 2 N–H and O–H groups in total. The Morgan fingerprint density at radius 3 is 3.14 bits per heavy atom. The lowest BCUT2D eigenvalue weighted by molar-refractivity contribution is -0.116. The predicted molar refractivity (Wildman–Crippen MR) is 83.2 cm³/mol. The molecule has 1 atom stereocenters. The van der Waals surface area contributed by atoms with Crippen molar-refractivity contribution in [3.63, 3.8) is 0 Å². The number of thiophene rings is 1. The highest BCUT2D eigenvalue weighted by Gasteiger charge is 2.24. The van der Waals surface area contributed by atoms with Gasteiger partial charge in [-0.3, -0.25) is 4.79 Å². The molecule has 2 rings (SSSR count). The molecule has 6 heteroatoms. The second-order valence-corrected chi connectivity index (χ2v) is 6.68. The van der Waals surface area contributed by atoms with Crippen LogP contribution in [0.1, 0.15) is 38.2 Å². The summed E-state index contributed by atoms with van der Waals surface area (Å²) in [5.74, 6) is -0.0649. The van der Waals surface area contributed by atoms with Crippen molar-refractivity contribution in [1.82, 2.24) is 4.90 Å². The van der Waals surface area contributed by atoms with E-state index in [0.717, 1.165) is 32.4 Å². The van der Waals surface area contributed by atoms with Crippen LogP contribution in [0, 0.1) is 11.3 Å². The summed E-state index contributed by atoms with van der Waals surface area (Å²) in [6, 6.07) is 3.77. The summed E-state index contributed by atoms with van der Waals surface area (Å²) in [6.07, 6.45) is 2.93. The van der Waals surface area contributed by atoms with E-state index in [2.05, 4.69) is 16.3 Å². The monoisotopic (exact) mass is 307 g/mol. The Bertz CT molecular complexity index is 533.